The number of aryl methyl sites for hydroxylation is 1. The van der Waals surface area contributed by atoms with Crippen LogP contribution in [-0.4, -0.2) is 62.0 Å². The number of morpholine rings is 1. The molecule has 1 fully saturated rings. The summed E-state index contributed by atoms with van der Waals surface area (Å²) in [5, 5.41) is 12.8. The lowest BCUT2D eigenvalue weighted by atomic mass is 10.0. The van der Waals surface area contributed by atoms with Gasteiger partial charge in [-0.15, -0.1) is 0 Å². The number of carbonyl (C=O) groups excluding carboxylic acids is 1. The first kappa shape index (κ1) is 22.2. The van der Waals surface area contributed by atoms with Crippen molar-refractivity contribution in [1.82, 2.24) is 10.6 Å². The van der Waals surface area contributed by atoms with Crippen LogP contribution in [0.15, 0.2) is 28.8 Å². The van der Waals surface area contributed by atoms with Gasteiger partial charge in [0.2, 0.25) is 0 Å². The van der Waals surface area contributed by atoms with Crippen molar-refractivity contribution >= 4 is 21.4 Å². The predicted octanol–water partition coefficient (Wildman–Crippen LogP) is 1.56. The van der Waals surface area contributed by atoms with Crippen LogP contribution in [0.1, 0.15) is 19.1 Å². The molecule has 0 bridgehead atoms. The fourth-order valence-corrected chi connectivity index (χ4v) is 4.10. The molecule has 1 aromatic heterocycles. The van der Waals surface area contributed by atoms with Crippen molar-refractivity contribution in [3.05, 3.63) is 35.8 Å². The fraction of sp³-hybridized carbons (Fsp3) is 0.474. The molecular weight excluding hydrogens is 417 g/mol. The lowest BCUT2D eigenvalue weighted by Gasteiger charge is -2.29. The van der Waals surface area contributed by atoms with Crippen molar-refractivity contribution < 1.29 is 32.1 Å². The molecule has 164 valence electrons. The molecule has 1 aliphatic rings. The molecule has 0 saturated carbocycles. The molecule has 30 heavy (non-hydrogen) atoms. The minimum absolute atomic E-state index is 0.0817. The van der Waals surface area contributed by atoms with Crippen LogP contribution in [0.4, 0.5) is 10.1 Å². The second kappa shape index (κ2) is 8.70. The van der Waals surface area contributed by atoms with Crippen LogP contribution in [0.3, 0.4) is 0 Å². The van der Waals surface area contributed by atoms with E-state index < -0.39 is 20.5 Å². The highest BCUT2D eigenvalue weighted by molar-refractivity contribution is 7.92. The molecule has 2 N–H and O–H groups in total. The zero-order valence-corrected chi connectivity index (χ0v) is 17.5. The molecule has 1 aliphatic heterocycles. The van der Waals surface area contributed by atoms with Crippen LogP contribution >= 0.6 is 0 Å². The topological polar surface area (TPSA) is 122 Å². The van der Waals surface area contributed by atoms with E-state index in [9.17, 15) is 17.6 Å². The summed E-state index contributed by atoms with van der Waals surface area (Å²) in [6.45, 7) is 3.56. The van der Waals surface area contributed by atoms with Gasteiger partial charge in [-0.25, -0.2) is 18.3 Å². The minimum atomic E-state index is -3.81. The second-order valence-corrected chi connectivity index (χ2v) is 9.83. The molecule has 9 nitrogen and oxygen atoms in total. The van der Waals surface area contributed by atoms with Gasteiger partial charge in [-0.1, -0.05) is 11.2 Å². The van der Waals surface area contributed by atoms with E-state index in [2.05, 4.69) is 5.16 Å². The first-order valence-corrected chi connectivity index (χ1v) is 11.3. The summed E-state index contributed by atoms with van der Waals surface area (Å²) in [7, 11) is -3.81. The van der Waals surface area contributed by atoms with Crippen molar-refractivity contribution in [1.29, 1.82) is 0 Å². The minimum Gasteiger partial charge on any atom is -0.378 e. The molecule has 0 spiro atoms. The Balaban J connectivity index is 1.74. The maximum atomic E-state index is 14.6. The van der Waals surface area contributed by atoms with Gasteiger partial charge in [-0.05, 0) is 25.5 Å². The molecule has 2 heterocycles. The first-order valence-electron chi connectivity index (χ1n) is 9.38. The van der Waals surface area contributed by atoms with Crippen molar-refractivity contribution in [2.45, 2.75) is 24.5 Å². The zero-order chi connectivity index (χ0) is 21.9. The van der Waals surface area contributed by atoms with E-state index in [1.54, 1.807) is 18.2 Å². The summed E-state index contributed by atoms with van der Waals surface area (Å²) in [5.74, 6) is -1.07. The second-order valence-electron chi connectivity index (χ2n) is 7.39. The maximum Gasteiger partial charge on any atom is 0.264 e. The molecule has 1 atom stereocenters. The third kappa shape index (κ3) is 4.47. The van der Waals surface area contributed by atoms with E-state index in [0.29, 0.717) is 49.0 Å². The van der Waals surface area contributed by atoms with Gasteiger partial charge in [0.05, 0.1) is 18.9 Å². The van der Waals surface area contributed by atoms with Crippen LogP contribution < -0.4 is 10.4 Å². The van der Waals surface area contributed by atoms with Gasteiger partial charge < -0.3 is 14.2 Å². The van der Waals surface area contributed by atoms with Crippen LogP contribution in [0.2, 0.25) is 0 Å². The Hall–Kier alpha value is -2.50. The molecular formula is C19H24FN3O6S. The highest BCUT2D eigenvalue weighted by Crippen LogP contribution is 2.29. The third-order valence-electron chi connectivity index (χ3n) is 5.40. The predicted molar refractivity (Wildman–Crippen MR) is 106 cm³/mol. The van der Waals surface area contributed by atoms with E-state index in [1.807, 2.05) is 4.90 Å². The lowest BCUT2D eigenvalue weighted by molar-refractivity contribution is -0.131. The van der Waals surface area contributed by atoms with E-state index in [1.165, 1.54) is 18.5 Å². The van der Waals surface area contributed by atoms with E-state index in [-0.39, 0.29) is 18.7 Å². The number of hydrogen-bond donors (Lipinski definition) is 2. The highest BCUT2D eigenvalue weighted by Gasteiger charge is 2.43. The number of aromatic nitrogens is 1. The van der Waals surface area contributed by atoms with Crippen molar-refractivity contribution in [3.8, 4) is 11.3 Å². The quantitative estimate of drug-likeness (QED) is 0.490. The molecule has 1 aromatic carbocycles. The van der Waals surface area contributed by atoms with Gasteiger partial charge >= 0.3 is 0 Å². The Bertz CT molecular complexity index is 1020. The summed E-state index contributed by atoms with van der Waals surface area (Å²) in [5.41, 5.74) is 2.80. The number of ether oxygens (including phenoxy) is 1. The zero-order valence-electron chi connectivity index (χ0n) is 16.7. The van der Waals surface area contributed by atoms with Crippen molar-refractivity contribution in [3.63, 3.8) is 0 Å². The smallest absolute Gasteiger partial charge is 0.264 e. The van der Waals surface area contributed by atoms with Gasteiger partial charge in [0.25, 0.3) is 5.91 Å². The molecule has 2 aromatic rings. The molecule has 0 radical (unpaired) electrons. The number of rotatable bonds is 7. The summed E-state index contributed by atoms with van der Waals surface area (Å²) >= 11 is 0. The van der Waals surface area contributed by atoms with E-state index in [4.69, 9.17) is 14.5 Å². The summed E-state index contributed by atoms with van der Waals surface area (Å²) in [6, 6.07) is 6.35. The summed E-state index contributed by atoms with van der Waals surface area (Å²) in [4.78, 5) is 13.8. The average molecular weight is 441 g/mol. The average Bonchev–Trinajstić information content (AvgIpc) is 3.20. The first-order chi connectivity index (χ1) is 14.2. The Morgan fingerprint density at radius 1 is 1.33 bits per heavy atom. The van der Waals surface area contributed by atoms with E-state index in [0.717, 1.165) is 6.26 Å². The largest absolute Gasteiger partial charge is 0.378 e. The summed E-state index contributed by atoms with van der Waals surface area (Å²) < 4.78 is 47.4. The molecule has 3 rings (SSSR count). The van der Waals surface area contributed by atoms with E-state index >= 15 is 0 Å². The number of nitrogens with zero attached hydrogens (tertiary/aromatic N) is 2. The number of carbonyl (C=O) groups is 1. The monoisotopic (exact) mass is 441 g/mol. The van der Waals surface area contributed by atoms with Gasteiger partial charge in [0, 0.05) is 37.4 Å². The molecule has 1 unspecified atom stereocenters. The Labute approximate surface area is 173 Å². The Morgan fingerprint density at radius 2 is 2.03 bits per heavy atom. The number of anilines is 1. The Kier molecular flexibility index (Phi) is 6.44. The molecule has 1 amide bonds. The van der Waals surface area contributed by atoms with Gasteiger partial charge in [0.15, 0.2) is 9.84 Å². The number of benzene rings is 1. The maximum absolute atomic E-state index is 14.6. The number of halogens is 1. The fourth-order valence-electron chi connectivity index (χ4n) is 3.24. The van der Waals surface area contributed by atoms with Gasteiger partial charge in [0.1, 0.15) is 22.0 Å². The summed E-state index contributed by atoms with van der Waals surface area (Å²) in [6.07, 6.45) is 0.877. The highest BCUT2D eigenvalue weighted by atomic mass is 32.2. The Morgan fingerprint density at radius 3 is 2.63 bits per heavy atom. The number of amides is 1. The molecule has 1 saturated heterocycles. The number of sulfone groups is 1. The van der Waals surface area contributed by atoms with Crippen LogP contribution in [-0.2, 0) is 25.8 Å². The van der Waals surface area contributed by atoms with Gasteiger partial charge in [-0.2, -0.15) is 0 Å². The normalized spacial score (nSPS) is 16.9. The lowest BCUT2D eigenvalue weighted by Crippen LogP contribution is -2.49. The van der Waals surface area contributed by atoms with Crippen molar-refractivity contribution in [2.75, 3.05) is 37.5 Å². The molecule has 11 heteroatoms. The third-order valence-corrected chi connectivity index (χ3v) is 7.43. The van der Waals surface area contributed by atoms with Crippen molar-refractivity contribution in [2.24, 2.45) is 0 Å². The van der Waals surface area contributed by atoms with Crippen LogP contribution in [0, 0.1) is 5.82 Å². The number of hydrogen-bond acceptors (Lipinski definition) is 8. The number of hydroxylamine groups is 1. The van der Waals surface area contributed by atoms with Crippen LogP contribution in [0.25, 0.3) is 11.3 Å². The standard InChI is InChI=1S/C19H24FN3O6S/c1-19(18(24)21-25,30(2,26)27)6-5-14-12-16(22-29-14)13-3-4-17(15(20)11-13)23-7-9-28-10-8-23/h3-4,11-12,25H,5-10H2,1-2H3,(H,21,24). The SMILES string of the molecule is CC(CCc1cc(-c2ccc(N3CCOCC3)c(F)c2)no1)(C(=O)NO)S(C)(=O)=O. The van der Waals surface area contributed by atoms with Gasteiger partial charge in [-0.3, -0.25) is 10.0 Å². The van der Waals surface area contributed by atoms with Crippen LogP contribution in [0.5, 0.6) is 0 Å². The number of nitrogens with one attached hydrogen (secondary N) is 1. The molecule has 0 aliphatic carbocycles.